The highest BCUT2D eigenvalue weighted by Crippen LogP contribution is 2.40. The van der Waals surface area contributed by atoms with Gasteiger partial charge in [-0.15, -0.1) is 10.2 Å². The predicted octanol–water partition coefficient (Wildman–Crippen LogP) is 3.99. The number of benzene rings is 1. The number of nitro groups is 1. The van der Waals surface area contributed by atoms with E-state index in [0.29, 0.717) is 12.0 Å². The van der Waals surface area contributed by atoms with E-state index >= 15 is 0 Å². The number of carbonyl (C=O) groups excluding carboxylic acids is 1. The number of nitrogens with one attached hydrogen (secondary N) is 1. The standard InChI is InChI=1S/C15H13F3N4O4S/c1-7(27-14-21-20-13(26-14)8-2-3-8)12(23)19-11-5-4-9(22(24)25)6-10(11)15(16,17)18/h4-8H,2-3H2,1H3,(H,19,23)/t7-/m0/s1. The van der Waals surface area contributed by atoms with Crippen molar-refractivity contribution in [1.82, 2.24) is 10.2 Å². The molecule has 8 nitrogen and oxygen atoms in total. The maximum atomic E-state index is 13.2. The molecule has 2 aromatic rings. The third kappa shape index (κ3) is 4.56. The molecule has 3 rings (SSSR count). The number of hydrogen-bond acceptors (Lipinski definition) is 7. The minimum Gasteiger partial charge on any atom is -0.416 e. The number of aromatic nitrogens is 2. The summed E-state index contributed by atoms with van der Waals surface area (Å²) < 4.78 is 44.9. The minimum absolute atomic E-state index is 0.152. The summed E-state index contributed by atoms with van der Waals surface area (Å²) in [4.78, 5) is 22.0. The van der Waals surface area contributed by atoms with E-state index in [9.17, 15) is 28.1 Å². The van der Waals surface area contributed by atoms with Crippen LogP contribution in [0.15, 0.2) is 27.8 Å². The van der Waals surface area contributed by atoms with Gasteiger partial charge in [-0.25, -0.2) is 0 Å². The second kappa shape index (κ2) is 7.18. The number of nitrogens with zero attached hydrogens (tertiary/aromatic N) is 3. The first-order valence-corrected chi connectivity index (χ1v) is 8.69. The molecule has 0 bridgehead atoms. The van der Waals surface area contributed by atoms with Gasteiger partial charge in [-0.3, -0.25) is 14.9 Å². The maximum absolute atomic E-state index is 13.2. The van der Waals surface area contributed by atoms with Crippen molar-refractivity contribution >= 4 is 29.0 Å². The van der Waals surface area contributed by atoms with Gasteiger partial charge in [0.1, 0.15) is 0 Å². The third-order valence-electron chi connectivity index (χ3n) is 3.77. The zero-order chi connectivity index (χ0) is 19.8. The molecule has 0 spiro atoms. The Morgan fingerprint density at radius 1 is 1.41 bits per heavy atom. The number of non-ortho nitro benzene ring substituents is 1. The van der Waals surface area contributed by atoms with Gasteiger partial charge in [0.15, 0.2) is 0 Å². The fourth-order valence-electron chi connectivity index (χ4n) is 2.19. The average molecular weight is 402 g/mol. The lowest BCUT2D eigenvalue weighted by atomic mass is 10.1. The summed E-state index contributed by atoms with van der Waals surface area (Å²) in [5.74, 6) is -0.00389. The van der Waals surface area contributed by atoms with E-state index in [0.717, 1.165) is 36.7 Å². The van der Waals surface area contributed by atoms with E-state index in [4.69, 9.17) is 4.42 Å². The Kier molecular flexibility index (Phi) is 5.09. The van der Waals surface area contributed by atoms with Crippen LogP contribution >= 0.6 is 11.8 Å². The summed E-state index contributed by atoms with van der Waals surface area (Å²) >= 11 is 0.917. The van der Waals surface area contributed by atoms with E-state index in [1.54, 1.807) is 0 Å². The number of nitro benzene ring substituents is 1. The van der Waals surface area contributed by atoms with Crippen LogP contribution in [0.2, 0.25) is 0 Å². The van der Waals surface area contributed by atoms with Gasteiger partial charge in [-0.1, -0.05) is 11.8 Å². The number of rotatable bonds is 6. The molecule has 27 heavy (non-hydrogen) atoms. The van der Waals surface area contributed by atoms with E-state index in [1.807, 2.05) is 0 Å². The van der Waals surface area contributed by atoms with Crippen molar-refractivity contribution < 1.29 is 27.3 Å². The quantitative estimate of drug-likeness (QED) is 0.442. The molecular weight excluding hydrogens is 389 g/mol. The fourth-order valence-corrected chi connectivity index (χ4v) is 2.88. The van der Waals surface area contributed by atoms with Crippen LogP contribution in [-0.2, 0) is 11.0 Å². The van der Waals surface area contributed by atoms with E-state index < -0.39 is 39.2 Å². The highest BCUT2D eigenvalue weighted by atomic mass is 32.2. The number of hydrogen-bond donors (Lipinski definition) is 1. The molecule has 1 aliphatic carbocycles. The molecule has 12 heteroatoms. The lowest BCUT2D eigenvalue weighted by Gasteiger charge is -2.15. The van der Waals surface area contributed by atoms with Crippen molar-refractivity contribution in [3.8, 4) is 0 Å². The molecule has 1 aromatic carbocycles. The van der Waals surface area contributed by atoms with Crippen LogP contribution in [0.5, 0.6) is 0 Å². The van der Waals surface area contributed by atoms with Gasteiger partial charge in [-0.05, 0) is 25.8 Å². The van der Waals surface area contributed by atoms with Crippen LogP contribution < -0.4 is 5.32 Å². The molecule has 0 aliphatic heterocycles. The van der Waals surface area contributed by atoms with Gasteiger partial charge in [0.2, 0.25) is 11.8 Å². The number of carbonyl (C=O) groups is 1. The van der Waals surface area contributed by atoms with Gasteiger partial charge in [0, 0.05) is 18.1 Å². The second-order valence-corrected chi connectivity index (χ2v) is 7.21. The molecule has 1 N–H and O–H groups in total. The largest absolute Gasteiger partial charge is 0.418 e. The topological polar surface area (TPSA) is 111 Å². The first kappa shape index (κ1) is 19.1. The van der Waals surface area contributed by atoms with Gasteiger partial charge in [0.05, 0.1) is 21.4 Å². The van der Waals surface area contributed by atoms with Crippen LogP contribution in [0.25, 0.3) is 0 Å². The molecule has 144 valence electrons. The zero-order valence-corrected chi connectivity index (χ0v) is 14.6. The molecule has 1 heterocycles. The van der Waals surface area contributed by atoms with Gasteiger partial charge in [-0.2, -0.15) is 13.2 Å². The fraction of sp³-hybridized carbons (Fsp3) is 0.400. The number of thioether (sulfide) groups is 1. The Morgan fingerprint density at radius 2 is 2.11 bits per heavy atom. The van der Waals surface area contributed by atoms with Gasteiger partial charge in [0.25, 0.3) is 10.9 Å². The molecule has 0 unspecified atom stereocenters. The smallest absolute Gasteiger partial charge is 0.416 e. The Morgan fingerprint density at radius 3 is 2.70 bits per heavy atom. The molecule has 1 amide bonds. The molecule has 1 aromatic heterocycles. The first-order chi connectivity index (χ1) is 12.6. The summed E-state index contributed by atoms with van der Waals surface area (Å²) in [7, 11) is 0. The van der Waals surface area contributed by atoms with Crippen molar-refractivity contribution in [2.24, 2.45) is 0 Å². The van der Waals surface area contributed by atoms with Crippen molar-refractivity contribution in [1.29, 1.82) is 0 Å². The molecule has 1 saturated carbocycles. The minimum atomic E-state index is -4.86. The number of halogens is 3. The summed E-state index contributed by atoms with van der Waals surface area (Å²) in [5.41, 5.74) is -2.58. The summed E-state index contributed by atoms with van der Waals surface area (Å²) in [6.45, 7) is 1.47. The second-order valence-electron chi connectivity index (χ2n) is 5.91. The van der Waals surface area contributed by atoms with E-state index in [1.165, 1.54) is 6.92 Å². The molecule has 1 atom stereocenters. The molecular formula is C15H13F3N4O4S. The predicted molar refractivity (Wildman–Crippen MR) is 88.3 cm³/mol. The van der Waals surface area contributed by atoms with Crippen LogP contribution in [0.1, 0.15) is 37.1 Å². The number of anilines is 1. The lowest BCUT2D eigenvalue weighted by Crippen LogP contribution is -2.24. The molecule has 0 saturated heterocycles. The Balaban J connectivity index is 1.72. The lowest BCUT2D eigenvalue weighted by molar-refractivity contribution is -0.385. The first-order valence-electron chi connectivity index (χ1n) is 7.81. The van der Waals surface area contributed by atoms with Crippen LogP contribution in [0.4, 0.5) is 24.5 Å². The highest BCUT2D eigenvalue weighted by Gasteiger charge is 2.36. The molecule has 1 aliphatic rings. The van der Waals surface area contributed by atoms with E-state index in [-0.39, 0.29) is 11.1 Å². The summed E-state index contributed by atoms with van der Waals surface area (Å²) in [5, 5.41) is 19.9. The van der Waals surface area contributed by atoms with E-state index in [2.05, 4.69) is 15.5 Å². The van der Waals surface area contributed by atoms with Crippen molar-refractivity contribution in [2.45, 2.75) is 42.3 Å². The summed E-state index contributed by atoms with van der Waals surface area (Å²) in [6.07, 6.45) is -2.94. The Hall–Kier alpha value is -2.63. The third-order valence-corrected chi connectivity index (χ3v) is 4.71. The van der Waals surface area contributed by atoms with Crippen molar-refractivity contribution in [3.05, 3.63) is 39.8 Å². The highest BCUT2D eigenvalue weighted by molar-refractivity contribution is 8.00. The molecule has 0 radical (unpaired) electrons. The monoisotopic (exact) mass is 402 g/mol. The Bertz CT molecular complexity index is 882. The number of alkyl halides is 3. The van der Waals surface area contributed by atoms with Gasteiger partial charge >= 0.3 is 6.18 Å². The SMILES string of the molecule is C[C@H](Sc1nnc(C2CC2)o1)C(=O)Nc1ccc([N+](=O)[O-])cc1C(F)(F)F. The normalized spacial score (nSPS) is 15.4. The average Bonchev–Trinajstić information content (AvgIpc) is 3.33. The Labute approximate surface area is 154 Å². The summed E-state index contributed by atoms with van der Waals surface area (Å²) in [6, 6.07) is 2.13. The number of amides is 1. The van der Waals surface area contributed by atoms with Crippen LogP contribution in [-0.4, -0.2) is 26.3 Å². The van der Waals surface area contributed by atoms with Gasteiger partial charge < -0.3 is 9.73 Å². The van der Waals surface area contributed by atoms with Crippen molar-refractivity contribution in [2.75, 3.05) is 5.32 Å². The van der Waals surface area contributed by atoms with Crippen LogP contribution in [0.3, 0.4) is 0 Å². The van der Waals surface area contributed by atoms with Crippen molar-refractivity contribution in [3.63, 3.8) is 0 Å². The van der Waals surface area contributed by atoms with Crippen LogP contribution in [0, 0.1) is 10.1 Å². The zero-order valence-electron chi connectivity index (χ0n) is 13.8. The molecule has 1 fully saturated rings. The maximum Gasteiger partial charge on any atom is 0.418 e.